The molecule has 0 aromatic heterocycles. The van der Waals surface area contributed by atoms with E-state index in [0.717, 1.165) is 4.90 Å². The van der Waals surface area contributed by atoms with Crippen molar-refractivity contribution in [2.75, 3.05) is 20.2 Å². The van der Waals surface area contributed by atoms with E-state index in [9.17, 15) is 14.4 Å². The van der Waals surface area contributed by atoms with Gasteiger partial charge in [-0.05, 0) is 12.1 Å². The summed E-state index contributed by atoms with van der Waals surface area (Å²) in [5.74, 6) is -0.317. The van der Waals surface area contributed by atoms with E-state index in [1.165, 1.54) is 13.2 Å². The lowest BCUT2D eigenvalue weighted by Crippen LogP contribution is -2.37. The number of rotatable bonds is 4. The number of amides is 3. The number of nitrogens with zero attached hydrogens (tertiary/aromatic N) is 1. The first-order valence-corrected chi connectivity index (χ1v) is 5.53. The summed E-state index contributed by atoms with van der Waals surface area (Å²) in [6, 6.07) is 5.88. The molecule has 1 aliphatic rings. The average molecular weight is 264 g/mol. The minimum Gasteiger partial charge on any atom is -0.497 e. The van der Waals surface area contributed by atoms with Gasteiger partial charge in [0.1, 0.15) is 18.0 Å². The van der Waals surface area contributed by atoms with Crippen LogP contribution in [0.2, 0.25) is 0 Å². The van der Waals surface area contributed by atoms with E-state index in [0.29, 0.717) is 5.75 Å². The Bertz CT molecular complexity index is 513. The van der Waals surface area contributed by atoms with Gasteiger partial charge >= 0.3 is 12.0 Å². The highest BCUT2D eigenvalue weighted by molar-refractivity contribution is 6.04. The number of carbonyl (C=O) groups excluding carboxylic acids is 3. The van der Waals surface area contributed by atoms with E-state index in [-0.39, 0.29) is 12.3 Å². The minimum atomic E-state index is -0.696. The van der Waals surface area contributed by atoms with Crippen molar-refractivity contribution in [3.05, 3.63) is 24.3 Å². The molecule has 0 bridgehead atoms. The molecule has 7 heteroatoms. The molecule has 1 aromatic carbocycles. The van der Waals surface area contributed by atoms with Crippen molar-refractivity contribution in [2.24, 2.45) is 0 Å². The number of hydrogen-bond donors (Lipinski definition) is 1. The highest BCUT2D eigenvalue weighted by atomic mass is 16.5. The van der Waals surface area contributed by atoms with Gasteiger partial charge in [0.25, 0.3) is 5.91 Å². The standard InChI is InChI=1S/C12H12N2O5/c1-18-8-3-2-4-9(5-8)19-11(16)7-14-10(15)6-13-12(14)17/h2-5H,6-7H2,1H3,(H,13,17). The molecule has 1 N–H and O–H groups in total. The van der Waals surface area contributed by atoms with E-state index in [2.05, 4.69) is 5.32 Å². The fraction of sp³-hybridized carbons (Fsp3) is 0.250. The molecule has 1 heterocycles. The lowest BCUT2D eigenvalue weighted by Gasteiger charge is -2.11. The van der Waals surface area contributed by atoms with Crippen molar-refractivity contribution < 1.29 is 23.9 Å². The van der Waals surface area contributed by atoms with Crippen LogP contribution in [0.4, 0.5) is 4.79 Å². The van der Waals surface area contributed by atoms with Crippen LogP contribution < -0.4 is 14.8 Å². The van der Waals surface area contributed by atoms with Gasteiger partial charge < -0.3 is 14.8 Å². The molecule has 0 radical (unpaired) electrons. The molecule has 19 heavy (non-hydrogen) atoms. The smallest absolute Gasteiger partial charge is 0.331 e. The van der Waals surface area contributed by atoms with Crippen molar-refractivity contribution in [2.45, 2.75) is 0 Å². The molecule has 3 amide bonds. The quantitative estimate of drug-likeness (QED) is 0.475. The van der Waals surface area contributed by atoms with E-state index in [1.807, 2.05) is 0 Å². The van der Waals surface area contributed by atoms with Crippen molar-refractivity contribution >= 4 is 17.9 Å². The molecule has 7 nitrogen and oxygen atoms in total. The van der Waals surface area contributed by atoms with Crippen LogP contribution in [-0.2, 0) is 9.59 Å². The van der Waals surface area contributed by atoms with Gasteiger partial charge in [-0.15, -0.1) is 0 Å². The Labute approximate surface area is 109 Å². The lowest BCUT2D eigenvalue weighted by molar-refractivity contribution is -0.139. The normalized spacial score (nSPS) is 14.3. The van der Waals surface area contributed by atoms with Crippen LogP contribution in [0.1, 0.15) is 0 Å². The van der Waals surface area contributed by atoms with Gasteiger partial charge in [-0.3, -0.25) is 9.69 Å². The number of hydrogen-bond acceptors (Lipinski definition) is 5. The maximum absolute atomic E-state index is 11.6. The zero-order chi connectivity index (χ0) is 13.8. The number of methoxy groups -OCH3 is 1. The number of nitrogens with one attached hydrogen (secondary N) is 1. The van der Waals surface area contributed by atoms with Gasteiger partial charge in [0.2, 0.25) is 0 Å². The monoisotopic (exact) mass is 264 g/mol. The maximum Gasteiger partial charge on any atom is 0.331 e. The Hall–Kier alpha value is -2.57. The second-order valence-electron chi connectivity index (χ2n) is 3.79. The summed E-state index contributed by atoms with van der Waals surface area (Å²) in [7, 11) is 1.49. The highest BCUT2D eigenvalue weighted by Crippen LogP contribution is 2.19. The van der Waals surface area contributed by atoms with Crippen molar-refractivity contribution in [1.82, 2.24) is 10.2 Å². The first-order chi connectivity index (χ1) is 9.10. The van der Waals surface area contributed by atoms with E-state index in [1.54, 1.807) is 18.2 Å². The molecule has 0 unspecified atom stereocenters. The molecule has 2 rings (SSSR count). The van der Waals surface area contributed by atoms with E-state index < -0.39 is 24.5 Å². The fourth-order valence-corrected chi connectivity index (χ4v) is 1.57. The Morgan fingerprint density at radius 1 is 1.37 bits per heavy atom. The topological polar surface area (TPSA) is 84.9 Å². The van der Waals surface area contributed by atoms with Crippen molar-refractivity contribution in [3.63, 3.8) is 0 Å². The lowest BCUT2D eigenvalue weighted by atomic mass is 10.3. The molecule has 0 aliphatic carbocycles. The van der Waals surface area contributed by atoms with Crippen LogP contribution in [0, 0.1) is 0 Å². The summed E-state index contributed by atoms with van der Waals surface area (Å²) in [5, 5.41) is 2.32. The van der Waals surface area contributed by atoms with Gasteiger partial charge in [-0.1, -0.05) is 6.07 Å². The Kier molecular flexibility index (Phi) is 3.65. The number of benzene rings is 1. The van der Waals surface area contributed by atoms with Gasteiger partial charge in [0, 0.05) is 6.07 Å². The van der Waals surface area contributed by atoms with Gasteiger partial charge in [-0.2, -0.15) is 0 Å². The van der Waals surface area contributed by atoms with Crippen LogP contribution in [0.3, 0.4) is 0 Å². The second-order valence-corrected chi connectivity index (χ2v) is 3.79. The van der Waals surface area contributed by atoms with Gasteiger partial charge in [0.15, 0.2) is 0 Å². The molecule has 1 saturated heterocycles. The number of carbonyl (C=O) groups is 3. The summed E-state index contributed by atoms with van der Waals surface area (Å²) in [6.45, 7) is -0.507. The summed E-state index contributed by atoms with van der Waals surface area (Å²) in [5.41, 5.74) is 0. The molecule has 1 fully saturated rings. The van der Waals surface area contributed by atoms with E-state index in [4.69, 9.17) is 9.47 Å². The average Bonchev–Trinajstić information content (AvgIpc) is 2.71. The molecule has 0 spiro atoms. The largest absolute Gasteiger partial charge is 0.497 e. The van der Waals surface area contributed by atoms with Crippen molar-refractivity contribution in [3.8, 4) is 11.5 Å². The molecule has 0 saturated carbocycles. The predicted octanol–water partition coefficient (Wildman–Crippen LogP) is 0.152. The minimum absolute atomic E-state index is 0.0920. The zero-order valence-electron chi connectivity index (χ0n) is 10.2. The third-order valence-electron chi connectivity index (χ3n) is 2.50. The molecular weight excluding hydrogens is 252 g/mol. The third kappa shape index (κ3) is 3.01. The molecule has 0 atom stereocenters. The van der Waals surface area contributed by atoms with Crippen molar-refractivity contribution in [1.29, 1.82) is 0 Å². The van der Waals surface area contributed by atoms with Crippen LogP contribution in [-0.4, -0.2) is 43.0 Å². The zero-order valence-corrected chi connectivity index (χ0v) is 10.2. The Morgan fingerprint density at radius 3 is 2.74 bits per heavy atom. The first kappa shape index (κ1) is 12.9. The summed E-state index contributed by atoms with van der Waals surface area (Å²) < 4.78 is 10.0. The number of urea groups is 1. The Morgan fingerprint density at radius 2 is 2.11 bits per heavy atom. The Balaban J connectivity index is 1.97. The maximum atomic E-state index is 11.6. The second kappa shape index (κ2) is 5.38. The molecular formula is C12H12N2O5. The SMILES string of the molecule is COc1cccc(OC(=O)CN2C(=O)CNC2=O)c1. The number of ether oxygens (including phenoxy) is 2. The fourth-order valence-electron chi connectivity index (χ4n) is 1.57. The summed E-state index contributed by atoms with van der Waals surface area (Å²) in [6.07, 6.45) is 0. The molecule has 1 aromatic rings. The first-order valence-electron chi connectivity index (χ1n) is 5.53. The van der Waals surface area contributed by atoms with Gasteiger partial charge in [0.05, 0.1) is 13.7 Å². The summed E-state index contributed by atoms with van der Waals surface area (Å²) >= 11 is 0. The predicted molar refractivity (Wildman–Crippen MR) is 63.7 cm³/mol. The van der Waals surface area contributed by atoms with Crippen LogP contribution in [0.25, 0.3) is 0 Å². The number of imide groups is 1. The summed E-state index contributed by atoms with van der Waals surface area (Å²) in [4.78, 5) is 35.0. The van der Waals surface area contributed by atoms with Crippen LogP contribution in [0.15, 0.2) is 24.3 Å². The number of esters is 1. The molecule has 100 valence electrons. The highest BCUT2D eigenvalue weighted by Gasteiger charge is 2.30. The molecule has 1 aliphatic heterocycles. The third-order valence-corrected chi connectivity index (χ3v) is 2.50. The van der Waals surface area contributed by atoms with Crippen LogP contribution >= 0.6 is 0 Å². The van der Waals surface area contributed by atoms with Crippen LogP contribution in [0.5, 0.6) is 11.5 Å². The van der Waals surface area contributed by atoms with Gasteiger partial charge in [-0.25, -0.2) is 9.59 Å². The van der Waals surface area contributed by atoms with E-state index >= 15 is 0 Å².